The maximum atomic E-state index is 13.4. The first kappa shape index (κ1) is 19.6. The SMILES string of the molecule is Cc1cccc(CN(c2cccc(C)c2)S(=O)(=O)c2ccc([N+](=O)[O-])cc2)c1. The summed E-state index contributed by atoms with van der Waals surface area (Å²) in [6, 6.07) is 19.8. The molecule has 0 saturated carbocycles. The standard InChI is InChI=1S/C21H20N2O4S/c1-16-5-3-7-18(13-16)15-22(20-8-4-6-17(2)14-20)28(26,27)21-11-9-19(10-12-21)23(24)25/h3-14H,15H2,1-2H3. The van der Waals surface area contributed by atoms with E-state index in [0.717, 1.165) is 16.7 Å². The van der Waals surface area contributed by atoms with Crippen LogP contribution in [0.25, 0.3) is 0 Å². The Labute approximate surface area is 164 Å². The van der Waals surface area contributed by atoms with Crippen molar-refractivity contribution in [2.45, 2.75) is 25.3 Å². The molecule has 3 rings (SSSR count). The Morgan fingerprint density at radius 1 is 0.893 bits per heavy atom. The number of anilines is 1. The molecule has 0 radical (unpaired) electrons. The highest BCUT2D eigenvalue weighted by Crippen LogP contribution is 2.28. The highest BCUT2D eigenvalue weighted by Gasteiger charge is 2.26. The van der Waals surface area contributed by atoms with Crippen molar-refractivity contribution in [3.8, 4) is 0 Å². The fraction of sp³-hybridized carbons (Fsp3) is 0.143. The lowest BCUT2D eigenvalue weighted by Crippen LogP contribution is -2.30. The van der Waals surface area contributed by atoms with Gasteiger partial charge in [-0.25, -0.2) is 8.42 Å². The van der Waals surface area contributed by atoms with Crippen molar-refractivity contribution in [1.82, 2.24) is 0 Å². The quantitative estimate of drug-likeness (QED) is 0.450. The summed E-state index contributed by atoms with van der Waals surface area (Å²) in [5, 5.41) is 10.9. The summed E-state index contributed by atoms with van der Waals surface area (Å²) in [5.74, 6) is 0. The highest BCUT2D eigenvalue weighted by molar-refractivity contribution is 7.92. The first-order valence-corrected chi connectivity index (χ1v) is 10.1. The van der Waals surface area contributed by atoms with E-state index < -0.39 is 14.9 Å². The zero-order valence-electron chi connectivity index (χ0n) is 15.6. The largest absolute Gasteiger partial charge is 0.269 e. The third kappa shape index (κ3) is 4.20. The van der Waals surface area contributed by atoms with Crippen molar-refractivity contribution in [3.63, 3.8) is 0 Å². The Kier molecular flexibility index (Phi) is 5.46. The summed E-state index contributed by atoms with van der Waals surface area (Å²) in [5.41, 5.74) is 3.21. The molecule has 0 amide bonds. The number of nitro benzene ring substituents is 1. The summed E-state index contributed by atoms with van der Waals surface area (Å²) in [6.07, 6.45) is 0. The van der Waals surface area contributed by atoms with Gasteiger partial charge in [-0.3, -0.25) is 14.4 Å². The predicted molar refractivity (Wildman–Crippen MR) is 109 cm³/mol. The predicted octanol–water partition coefficient (Wildman–Crippen LogP) is 4.61. The van der Waals surface area contributed by atoms with Gasteiger partial charge in [0.2, 0.25) is 0 Å². The fourth-order valence-corrected chi connectivity index (χ4v) is 4.39. The van der Waals surface area contributed by atoms with E-state index in [0.29, 0.717) is 5.69 Å². The molecule has 0 fully saturated rings. The van der Waals surface area contributed by atoms with Crippen LogP contribution in [0.1, 0.15) is 16.7 Å². The second-order valence-electron chi connectivity index (χ2n) is 6.59. The van der Waals surface area contributed by atoms with Gasteiger partial charge in [0.25, 0.3) is 15.7 Å². The van der Waals surface area contributed by atoms with Gasteiger partial charge in [-0.05, 0) is 49.2 Å². The van der Waals surface area contributed by atoms with E-state index >= 15 is 0 Å². The molecule has 0 aliphatic rings. The van der Waals surface area contributed by atoms with Gasteiger partial charge in [0.05, 0.1) is 22.1 Å². The molecule has 6 nitrogen and oxygen atoms in total. The second kappa shape index (κ2) is 7.82. The van der Waals surface area contributed by atoms with Crippen LogP contribution in [0.5, 0.6) is 0 Å². The van der Waals surface area contributed by atoms with E-state index in [1.54, 1.807) is 18.2 Å². The number of nitro groups is 1. The summed E-state index contributed by atoms with van der Waals surface area (Å²) >= 11 is 0. The molecule has 0 bridgehead atoms. The number of benzene rings is 3. The van der Waals surface area contributed by atoms with Crippen LogP contribution >= 0.6 is 0 Å². The van der Waals surface area contributed by atoms with Crippen LogP contribution < -0.4 is 4.31 Å². The third-order valence-corrected chi connectivity index (χ3v) is 6.12. The van der Waals surface area contributed by atoms with Crippen LogP contribution in [0.4, 0.5) is 11.4 Å². The van der Waals surface area contributed by atoms with Gasteiger partial charge < -0.3 is 0 Å². The minimum absolute atomic E-state index is 0.00672. The monoisotopic (exact) mass is 396 g/mol. The molecule has 0 aliphatic heterocycles. The minimum atomic E-state index is -3.91. The van der Waals surface area contributed by atoms with Crippen molar-refractivity contribution < 1.29 is 13.3 Å². The molecule has 28 heavy (non-hydrogen) atoms. The van der Waals surface area contributed by atoms with Crippen LogP contribution in [0.3, 0.4) is 0 Å². The lowest BCUT2D eigenvalue weighted by Gasteiger charge is -2.25. The zero-order valence-corrected chi connectivity index (χ0v) is 16.4. The smallest absolute Gasteiger partial charge is 0.262 e. The van der Waals surface area contributed by atoms with Crippen LogP contribution in [-0.4, -0.2) is 13.3 Å². The number of sulfonamides is 1. The van der Waals surface area contributed by atoms with Crippen LogP contribution in [0.15, 0.2) is 77.7 Å². The molecule has 0 N–H and O–H groups in total. The van der Waals surface area contributed by atoms with Gasteiger partial charge in [0.1, 0.15) is 0 Å². The molecular weight excluding hydrogens is 376 g/mol. The molecule has 0 saturated heterocycles. The Morgan fingerprint density at radius 2 is 1.50 bits per heavy atom. The summed E-state index contributed by atoms with van der Waals surface area (Å²) in [7, 11) is -3.91. The van der Waals surface area contributed by atoms with Gasteiger partial charge in [0, 0.05) is 12.1 Å². The van der Waals surface area contributed by atoms with Gasteiger partial charge in [-0.15, -0.1) is 0 Å². The third-order valence-electron chi connectivity index (χ3n) is 4.33. The zero-order chi connectivity index (χ0) is 20.3. The number of aryl methyl sites for hydroxylation is 2. The number of hydrogen-bond acceptors (Lipinski definition) is 4. The maximum Gasteiger partial charge on any atom is 0.269 e. The van der Waals surface area contributed by atoms with E-state index in [1.807, 2.05) is 44.2 Å². The molecule has 3 aromatic carbocycles. The average molecular weight is 396 g/mol. The Hall–Kier alpha value is -3.19. The van der Waals surface area contributed by atoms with E-state index in [4.69, 9.17) is 0 Å². The van der Waals surface area contributed by atoms with Crippen molar-refractivity contribution in [3.05, 3.63) is 99.6 Å². The summed E-state index contributed by atoms with van der Waals surface area (Å²) in [6.45, 7) is 4.00. The van der Waals surface area contributed by atoms with Crippen LogP contribution in [0.2, 0.25) is 0 Å². The van der Waals surface area contributed by atoms with E-state index in [9.17, 15) is 18.5 Å². The first-order valence-electron chi connectivity index (χ1n) is 8.67. The van der Waals surface area contributed by atoms with Crippen LogP contribution in [-0.2, 0) is 16.6 Å². The Balaban J connectivity index is 2.07. The molecule has 0 aromatic heterocycles. The second-order valence-corrected chi connectivity index (χ2v) is 8.45. The van der Waals surface area contributed by atoms with E-state index in [2.05, 4.69) is 0 Å². The van der Waals surface area contributed by atoms with Crippen molar-refractivity contribution in [2.75, 3.05) is 4.31 Å². The molecule has 0 heterocycles. The lowest BCUT2D eigenvalue weighted by atomic mass is 10.1. The molecule has 0 unspecified atom stereocenters. The van der Waals surface area contributed by atoms with Crippen molar-refractivity contribution in [2.24, 2.45) is 0 Å². The molecule has 0 aliphatic carbocycles. The maximum absolute atomic E-state index is 13.4. The molecule has 7 heteroatoms. The van der Waals surface area contributed by atoms with E-state index in [-0.39, 0.29) is 17.1 Å². The number of hydrogen-bond donors (Lipinski definition) is 0. The van der Waals surface area contributed by atoms with Gasteiger partial charge in [-0.2, -0.15) is 0 Å². The number of non-ortho nitro benzene ring substituents is 1. The molecule has 144 valence electrons. The molecule has 0 spiro atoms. The molecule has 0 atom stereocenters. The van der Waals surface area contributed by atoms with Gasteiger partial charge in [0.15, 0.2) is 0 Å². The average Bonchev–Trinajstić information content (AvgIpc) is 2.66. The number of rotatable bonds is 6. The molecular formula is C21H20N2O4S. The van der Waals surface area contributed by atoms with Crippen molar-refractivity contribution >= 4 is 21.4 Å². The van der Waals surface area contributed by atoms with Crippen molar-refractivity contribution in [1.29, 1.82) is 0 Å². The Bertz CT molecular complexity index is 1110. The summed E-state index contributed by atoms with van der Waals surface area (Å²) < 4.78 is 28.1. The highest BCUT2D eigenvalue weighted by atomic mass is 32.2. The van der Waals surface area contributed by atoms with E-state index in [1.165, 1.54) is 28.6 Å². The van der Waals surface area contributed by atoms with Crippen LogP contribution in [0, 0.1) is 24.0 Å². The van der Waals surface area contributed by atoms with Gasteiger partial charge >= 0.3 is 0 Å². The summed E-state index contributed by atoms with van der Waals surface area (Å²) in [4.78, 5) is 10.3. The molecule has 3 aromatic rings. The number of nitrogens with zero attached hydrogens (tertiary/aromatic N) is 2. The normalized spacial score (nSPS) is 11.2. The Morgan fingerprint density at radius 3 is 2.07 bits per heavy atom. The topological polar surface area (TPSA) is 80.5 Å². The minimum Gasteiger partial charge on any atom is -0.262 e. The van der Waals surface area contributed by atoms with Gasteiger partial charge in [-0.1, -0.05) is 42.0 Å². The first-order chi connectivity index (χ1) is 13.3. The lowest BCUT2D eigenvalue weighted by molar-refractivity contribution is -0.384. The fourth-order valence-electron chi connectivity index (χ4n) is 2.94.